The number of nitrogens with one attached hydrogen (secondary N) is 1. The van der Waals surface area contributed by atoms with Gasteiger partial charge in [-0.05, 0) is 47.6 Å². The van der Waals surface area contributed by atoms with Crippen molar-refractivity contribution in [3.05, 3.63) is 75.8 Å². The summed E-state index contributed by atoms with van der Waals surface area (Å²) in [5, 5.41) is 16.0. The van der Waals surface area contributed by atoms with Gasteiger partial charge in [0.1, 0.15) is 0 Å². The quantitative estimate of drug-likeness (QED) is 0.409. The largest absolute Gasteiger partial charge is 0.325 e. The summed E-state index contributed by atoms with van der Waals surface area (Å²) < 4.78 is 0. The van der Waals surface area contributed by atoms with Gasteiger partial charge in [-0.1, -0.05) is 24.3 Å². The van der Waals surface area contributed by atoms with Gasteiger partial charge in [0.05, 0.1) is 10.7 Å². The Morgan fingerprint density at radius 3 is 2.50 bits per heavy atom. The van der Waals surface area contributed by atoms with E-state index in [1.54, 1.807) is 12.1 Å². The Balaban J connectivity index is 1.46. The average Bonchev–Trinajstić information content (AvgIpc) is 3.07. The summed E-state index contributed by atoms with van der Waals surface area (Å²) in [6.07, 6.45) is 2.11. The first kappa shape index (κ1) is 16.6. The number of anilines is 1. The van der Waals surface area contributed by atoms with Crippen LogP contribution in [0.1, 0.15) is 11.1 Å². The van der Waals surface area contributed by atoms with E-state index in [1.165, 1.54) is 40.4 Å². The molecule has 1 aliphatic carbocycles. The number of amides is 1. The van der Waals surface area contributed by atoms with Crippen LogP contribution in [-0.4, -0.2) is 16.6 Å². The van der Waals surface area contributed by atoms with Crippen LogP contribution in [0.5, 0.6) is 0 Å². The van der Waals surface area contributed by atoms with Crippen LogP contribution in [0.25, 0.3) is 10.8 Å². The molecule has 1 aliphatic rings. The summed E-state index contributed by atoms with van der Waals surface area (Å²) in [6, 6.07) is 16.5. The summed E-state index contributed by atoms with van der Waals surface area (Å²) in [4.78, 5) is 23.4. The molecular weight excluding hydrogens is 348 g/mol. The molecule has 26 heavy (non-hydrogen) atoms. The van der Waals surface area contributed by atoms with Gasteiger partial charge in [-0.3, -0.25) is 14.9 Å². The number of nitro benzene ring substituents is 1. The highest BCUT2D eigenvalue weighted by Gasteiger charge is 2.16. The van der Waals surface area contributed by atoms with Crippen LogP contribution in [0.2, 0.25) is 0 Å². The van der Waals surface area contributed by atoms with Crippen LogP contribution < -0.4 is 5.32 Å². The Kier molecular flexibility index (Phi) is 4.34. The summed E-state index contributed by atoms with van der Waals surface area (Å²) in [5.41, 5.74) is 3.57. The third-order valence-corrected chi connectivity index (χ3v) is 5.58. The van der Waals surface area contributed by atoms with Crippen LogP contribution in [0.15, 0.2) is 59.5 Å². The summed E-state index contributed by atoms with van der Waals surface area (Å²) in [5.74, 6) is 0.160. The van der Waals surface area contributed by atoms with E-state index in [2.05, 4.69) is 17.4 Å². The molecule has 0 saturated carbocycles. The maximum atomic E-state index is 12.3. The van der Waals surface area contributed by atoms with Gasteiger partial charge in [-0.25, -0.2) is 0 Å². The number of non-ortho nitro benzene ring substituents is 1. The Morgan fingerprint density at radius 2 is 1.77 bits per heavy atom. The lowest BCUT2D eigenvalue weighted by Crippen LogP contribution is -2.14. The van der Waals surface area contributed by atoms with Crippen molar-refractivity contribution in [1.82, 2.24) is 0 Å². The molecule has 0 heterocycles. The lowest BCUT2D eigenvalue weighted by Gasteiger charge is -2.10. The minimum atomic E-state index is -0.434. The first-order chi connectivity index (χ1) is 12.6. The number of carbonyl (C=O) groups is 1. The molecule has 0 radical (unpaired) electrons. The molecule has 3 aromatic carbocycles. The summed E-state index contributed by atoms with van der Waals surface area (Å²) in [7, 11) is 0. The van der Waals surface area contributed by atoms with Crippen molar-refractivity contribution >= 4 is 39.8 Å². The van der Waals surface area contributed by atoms with Gasteiger partial charge in [0, 0.05) is 28.1 Å². The number of hydrogen-bond donors (Lipinski definition) is 1. The lowest BCUT2D eigenvalue weighted by molar-refractivity contribution is -0.384. The number of rotatable bonds is 5. The predicted octanol–water partition coefficient (Wildman–Crippen LogP) is 4.58. The van der Waals surface area contributed by atoms with E-state index in [-0.39, 0.29) is 17.3 Å². The lowest BCUT2D eigenvalue weighted by atomic mass is 10.0. The van der Waals surface area contributed by atoms with Crippen molar-refractivity contribution in [2.45, 2.75) is 17.7 Å². The molecule has 1 N–H and O–H groups in total. The summed E-state index contributed by atoms with van der Waals surface area (Å²) >= 11 is 1.36. The molecule has 0 atom stereocenters. The van der Waals surface area contributed by atoms with Crippen molar-refractivity contribution in [3.63, 3.8) is 0 Å². The number of hydrogen-bond acceptors (Lipinski definition) is 4. The molecule has 0 unspecified atom stereocenters. The molecule has 1 amide bonds. The zero-order valence-corrected chi connectivity index (χ0v) is 14.7. The molecule has 0 bridgehead atoms. The minimum absolute atomic E-state index is 0.0479. The number of thioether (sulfide) groups is 1. The van der Waals surface area contributed by atoms with Gasteiger partial charge in [-0.2, -0.15) is 0 Å². The highest BCUT2D eigenvalue weighted by molar-refractivity contribution is 8.00. The maximum absolute atomic E-state index is 12.3. The number of benzene rings is 3. The van der Waals surface area contributed by atoms with Crippen molar-refractivity contribution in [3.8, 4) is 0 Å². The fourth-order valence-corrected chi connectivity index (χ4v) is 4.05. The van der Waals surface area contributed by atoms with Gasteiger partial charge >= 0.3 is 0 Å². The second kappa shape index (κ2) is 6.80. The second-order valence-corrected chi connectivity index (χ2v) is 7.25. The van der Waals surface area contributed by atoms with E-state index >= 15 is 0 Å². The highest BCUT2D eigenvalue weighted by atomic mass is 32.2. The molecule has 3 aromatic rings. The van der Waals surface area contributed by atoms with Gasteiger partial charge < -0.3 is 5.32 Å². The number of carbonyl (C=O) groups excluding carboxylic acids is 1. The van der Waals surface area contributed by atoms with Crippen molar-refractivity contribution < 1.29 is 9.72 Å². The molecule has 0 saturated heterocycles. The van der Waals surface area contributed by atoms with E-state index in [1.807, 2.05) is 18.2 Å². The van der Waals surface area contributed by atoms with Gasteiger partial charge in [-0.15, -0.1) is 11.8 Å². The van der Waals surface area contributed by atoms with Crippen LogP contribution in [0.3, 0.4) is 0 Å². The molecule has 5 nitrogen and oxygen atoms in total. The number of nitrogens with zero attached hydrogens (tertiary/aromatic N) is 1. The number of nitro groups is 1. The Morgan fingerprint density at radius 1 is 1.04 bits per heavy atom. The van der Waals surface area contributed by atoms with E-state index < -0.39 is 4.92 Å². The maximum Gasteiger partial charge on any atom is 0.269 e. The normalized spacial score (nSPS) is 12.3. The standard InChI is InChI=1S/C20H16N2O3S/c23-19(12-26-16-9-7-15(8-10-16)22(24)25)21-18-11-6-14-5-4-13-2-1-3-17(18)20(13)14/h1-3,6-11H,4-5,12H2,(H,21,23). The Labute approximate surface area is 154 Å². The van der Waals surface area contributed by atoms with Crippen LogP contribution in [0, 0.1) is 10.1 Å². The number of aryl methyl sites for hydroxylation is 2. The van der Waals surface area contributed by atoms with Crippen LogP contribution in [0.4, 0.5) is 11.4 Å². The predicted molar refractivity (Wildman–Crippen MR) is 104 cm³/mol. The molecule has 0 spiro atoms. The SMILES string of the molecule is O=C(CSc1ccc([N+](=O)[O-])cc1)Nc1ccc2c3c(cccc13)CC2. The van der Waals surface area contributed by atoms with Crippen molar-refractivity contribution in [2.75, 3.05) is 11.1 Å². The van der Waals surface area contributed by atoms with Crippen LogP contribution in [-0.2, 0) is 17.6 Å². The van der Waals surface area contributed by atoms with Crippen LogP contribution >= 0.6 is 11.8 Å². The third kappa shape index (κ3) is 3.15. The topological polar surface area (TPSA) is 72.2 Å². The molecular formula is C20H16N2O3S. The molecule has 6 heteroatoms. The molecule has 0 aliphatic heterocycles. The molecule has 130 valence electrons. The highest BCUT2D eigenvalue weighted by Crippen LogP contribution is 2.35. The minimum Gasteiger partial charge on any atom is -0.325 e. The monoisotopic (exact) mass is 364 g/mol. The van der Waals surface area contributed by atoms with E-state index in [4.69, 9.17) is 0 Å². The Hall–Kier alpha value is -2.86. The van der Waals surface area contributed by atoms with E-state index in [0.29, 0.717) is 0 Å². The fraction of sp³-hybridized carbons (Fsp3) is 0.150. The average molecular weight is 364 g/mol. The first-order valence-corrected chi connectivity index (χ1v) is 9.31. The Bertz CT molecular complexity index is 1010. The fourth-order valence-electron chi connectivity index (χ4n) is 3.36. The zero-order chi connectivity index (χ0) is 18.1. The zero-order valence-electron chi connectivity index (χ0n) is 13.9. The smallest absolute Gasteiger partial charge is 0.269 e. The third-order valence-electron chi connectivity index (χ3n) is 4.57. The molecule has 4 rings (SSSR count). The van der Waals surface area contributed by atoms with Crippen molar-refractivity contribution in [2.24, 2.45) is 0 Å². The molecule has 0 fully saturated rings. The van der Waals surface area contributed by atoms with Gasteiger partial charge in [0.2, 0.25) is 5.91 Å². The summed E-state index contributed by atoms with van der Waals surface area (Å²) in [6.45, 7) is 0. The second-order valence-electron chi connectivity index (χ2n) is 6.20. The van der Waals surface area contributed by atoms with E-state index in [0.717, 1.165) is 28.8 Å². The van der Waals surface area contributed by atoms with Gasteiger partial charge in [0.15, 0.2) is 0 Å². The first-order valence-electron chi connectivity index (χ1n) is 8.32. The molecule has 0 aromatic heterocycles. The van der Waals surface area contributed by atoms with Gasteiger partial charge in [0.25, 0.3) is 5.69 Å². The van der Waals surface area contributed by atoms with E-state index in [9.17, 15) is 14.9 Å². The van der Waals surface area contributed by atoms with Crippen molar-refractivity contribution in [1.29, 1.82) is 0 Å².